The third-order valence-electron chi connectivity index (χ3n) is 1.90. The number of carbonyl (C=O) groups excluding carboxylic acids is 1. The van der Waals surface area contributed by atoms with Crippen molar-refractivity contribution >= 4 is 28.4 Å². The van der Waals surface area contributed by atoms with Crippen LogP contribution in [0.1, 0.15) is 27.7 Å². The molecule has 0 bridgehead atoms. The van der Waals surface area contributed by atoms with Gasteiger partial charge in [-0.2, -0.15) is 0 Å². The summed E-state index contributed by atoms with van der Waals surface area (Å²) in [5, 5.41) is 0. The molecule has 1 nitrogen and oxygen atoms in total. The molecule has 0 aromatic carbocycles. The minimum Gasteiger partial charge on any atom is -0.299 e. The van der Waals surface area contributed by atoms with Gasteiger partial charge < -0.3 is 0 Å². The summed E-state index contributed by atoms with van der Waals surface area (Å²) in [6.07, 6.45) is 0. The molecule has 0 aliphatic rings. The summed E-state index contributed by atoms with van der Waals surface area (Å²) in [6.45, 7) is 7.66. The predicted octanol–water partition coefficient (Wildman–Crippen LogP) is 2.43. The average molecular weight is 240 g/mol. The first-order chi connectivity index (χ1) is 3.89. The van der Waals surface area contributed by atoms with Crippen LogP contribution in [0, 0.1) is 5.41 Å². The van der Waals surface area contributed by atoms with Gasteiger partial charge in [-0.1, -0.05) is 43.4 Å². The normalized spacial score (nSPS) is 15.2. The van der Waals surface area contributed by atoms with Crippen molar-refractivity contribution in [3.05, 3.63) is 0 Å². The second-order valence-electron chi connectivity index (χ2n) is 2.89. The van der Waals surface area contributed by atoms with Crippen LogP contribution in [-0.2, 0) is 4.79 Å². The Labute approximate surface area is 70.4 Å². The first-order valence-corrected chi connectivity index (χ1v) is 4.28. The predicted molar refractivity (Wildman–Crippen MR) is 47.9 cm³/mol. The lowest BCUT2D eigenvalue weighted by Gasteiger charge is -2.23. The molecule has 0 amide bonds. The van der Waals surface area contributed by atoms with Crippen LogP contribution >= 0.6 is 22.6 Å². The lowest BCUT2D eigenvalue weighted by atomic mass is 9.86. The molecule has 0 aromatic heterocycles. The number of rotatable bonds is 2. The molecule has 1 atom stereocenters. The molecule has 0 aliphatic heterocycles. The van der Waals surface area contributed by atoms with Crippen LogP contribution < -0.4 is 0 Å². The lowest BCUT2D eigenvalue weighted by Crippen LogP contribution is -2.29. The number of carbonyl (C=O) groups is 1. The molecule has 9 heavy (non-hydrogen) atoms. The molecule has 54 valence electrons. The molecule has 2 heteroatoms. The van der Waals surface area contributed by atoms with Gasteiger partial charge in [-0.05, 0) is 6.92 Å². The maximum absolute atomic E-state index is 10.9. The molecule has 0 saturated heterocycles. The summed E-state index contributed by atoms with van der Waals surface area (Å²) in [6, 6.07) is 0. The molecule has 0 radical (unpaired) electrons. The van der Waals surface area contributed by atoms with Crippen LogP contribution in [0.5, 0.6) is 0 Å². The van der Waals surface area contributed by atoms with Crippen molar-refractivity contribution in [3.63, 3.8) is 0 Å². The number of alkyl halides is 1. The van der Waals surface area contributed by atoms with E-state index in [4.69, 9.17) is 0 Å². The molecule has 0 heterocycles. The van der Waals surface area contributed by atoms with Gasteiger partial charge in [0.25, 0.3) is 0 Å². The largest absolute Gasteiger partial charge is 0.299 e. The molecule has 0 rings (SSSR count). The molecule has 0 N–H and O–H groups in total. The van der Waals surface area contributed by atoms with Crippen LogP contribution in [0.4, 0.5) is 0 Å². The highest BCUT2D eigenvalue weighted by Crippen LogP contribution is 2.27. The van der Waals surface area contributed by atoms with E-state index in [-0.39, 0.29) is 11.2 Å². The molecule has 1 unspecified atom stereocenters. The van der Waals surface area contributed by atoms with Gasteiger partial charge in [0.1, 0.15) is 5.78 Å². The highest BCUT2D eigenvalue weighted by atomic mass is 127. The van der Waals surface area contributed by atoms with Crippen molar-refractivity contribution in [1.82, 2.24) is 0 Å². The molecular weight excluding hydrogens is 227 g/mol. The van der Waals surface area contributed by atoms with E-state index >= 15 is 0 Å². The van der Waals surface area contributed by atoms with Gasteiger partial charge in [-0.3, -0.25) is 4.79 Å². The fourth-order valence-electron chi connectivity index (χ4n) is 0.280. The van der Waals surface area contributed by atoms with E-state index in [2.05, 4.69) is 29.5 Å². The Hall–Kier alpha value is 0.400. The topological polar surface area (TPSA) is 17.1 Å². The standard InChI is InChI=1S/C7H13IO/c1-5(8)7(3,4)6(2)9/h5H,1-4H3. The quantitative estimate of drug-likeness (QED) is 0.535. The van der Waals surface area contributed by atoms with Crippen molar-refractivity contribution in [1.29, 1.82) is 0 Å². The minimum absolute atomic E-state index is 0.152. The smallest absolute Gasteiger partial charge is 0.136 e. The van der Waals surface area contributed by atoms with Gasteiger partial charge >= 0.3 is 0 Å². The summed E-state index contributed by atoms with van der Waals surface area (Å²) in [7, 11) is 0. The van der Waals surface area contributed by atoms with Crippen molar-refractivity contribution < 1.29 is 4.79 Å². The highest BCUT2D eigenvalue weighted by Gasteiger charge is 2.28. The zero-order valence-electron chi connectivity index (χ0n) is 6.36. The number of Topliss-reactive ketones (excluding diaryl/α,β-unsaturated/α-hetero) is 1. The molecular formula is C7H13IO. The van der Waals surface area contributed by atoms with E-state index < -0.39 is 0 Å². The van der Waals surface area contributed by atoms with E-state index in [0.29, 0.717) is 3.92 Å². The third-order valence-corrected chi connectivity index (χ3v) is 3.46. The molecule has 0 aromatic rings. The zero-order valence-corrected chi connectivity index (χ0v) is 8.52. The lowest BCUT2D eigenvalue weighted by molar-refractivity contribution is -0.124. The fourth-order valence-corrected chi connectivity index (χ4v) is 0.719. The Morgan fingerprint density at radius 3 is 1.89 bits per heavy atom. The number of hydrogen-bond donors (Lipinski definition) is 0. The van der Waals surface area contributed by atoms with Gasteiger partial charge in [0.2, 0.25) is 0 Å². The van der Waals surface area contributed by atoms with E-state index in [1.54, 1.807) is 6.92 Å². The van der Waals surface area contributed by atoms with Crippen LogP contribution in [0.3, 0.4) is 0 Å². The van der Waals surface area contributed by atoms with Crippen LogP contribution in [0.2, 0.25) is 0 Å². The van der Waals surface area contributed by atoms with Crippen LogP contribution in [0.25, 0.3) is 0 Å². The summed E-state index contributed by atoms with van der Waals surface area (Å²) in [4.78, 5) is 10.9. The second kappa shape index (κ2) is 2.99. The monoisotopic (exact) mass is 240 g/mol. The maximum atomic E-state index is 10.9. The van der Waals surface area contributed by atoms with Gasteiger partial charge in [-0.25, -0.2) is 0 Å². The Balaban J connectivity index is 4.19. The Kier molecular flexibility index (Phi) is 3.12. The number of halogens is 1. The summed E-state index contributed by atoms with van der Waals surface area (Å²) < 4.78 is 0.410. The van der Waals surface area contributed by atoms with E-state index in [0.717, 1.165) is 0 Å². The molecule has 0 saturated carbocycles. The highest BCUT2D eigenvalue weighted by molar-refractivity contribution is 14.1. The molecule has 0 spiro atoms. The average Bonchev–Trinajstić information content (AvgIpc) is 1.65. The van der Waals surface area contributed by atoms with E-state index in [1.165, 1.54) is 0 Å². The summed E-state index contributed by atoms with van der Waals surface area (Å²) in [5.74, 6) is 0.268. The van der Waals surface area contributed by atoms with Gasteiger partial charge in [0, 0.05) is 9.34 Å². The van der Waals surface area contributed by atoms with Crippen LogP contribution in [-0.4, -0.2) is 9.71 Å². The molecule has 0 fully saturated rings. The fraction of sp³-hybridized carbons (Fsp3) is 0.857. The van der Waals surface area contributed by atoms with E-state index in [9.17, 15) is 4.79 Å². The van der Waals surface area contributed by atoms with E-state index in [1.807, 2.05) is 13.8 Å². The Bertz CT molecular complexity index is 116. The second-order valence-corrected chi connectivity index (χ2v) is 4.76. The van der Waals surface area contributed by atoms with Crippen molar-refractivity contribution in [3.8, 4) is 0 Å². The number of ketones is 1. The van der Waals surface area contributed by atoms with Gasteiger partial charge in [0.05, 0.1) is 0 Å². The van der Waals surface area contributed by atoms with Gasteiger partial charge in [0.15, 0.2) is 0 Å². The van der Waals surface area contributed by atoms with Crippen molar-refractivity contribution in [2.45, 2.75) is 31.6 Å². The van der Waals surface area contributed by atoms with Crippen molar-refractivity contribution in [2.24, 2.45) is 5.41 Å². The van der Waals surface area contributed by atoms with Gasteiger partial charge in [-0.15, -0.1) is 0 Å². The van der Waals surface area contributed by atoms with Crippen LogP contribution in [0.15, 0.2) is 0 Å². The Morgan fingerprint density at radius 1 is 1.56 bits per heavy atom. The third kappa shape index (κ3) is 2.24. The SMILES string of the molecule is CC(=O)C(C)(C)C(C)I. The Morgan fingerprint density at radius 2 is 1.89 bits per heavy atom. The first-order valence-electron chi connectivity index (χ1n) is 3.04. The number of hydrogen-bond acceptors (Lipinski definition) is 1. The zero-order chi connectivity index (χ0) is 7.65. The van der Waals surface area contributed by atoms with Crippen molar-refractivity contribution in [2.75, 3.05) is 0 Å². The minimum atomic E-state index is -0.152. The summed E-state index contributed by atoms with van der Waals surface area (Å²) >= 11 is 2.28. The maximum Gasteiger partial charge on any atom is 0.136 e. The molecule has 0 aliphatic carbocycles. The first kappa shape index (κ1) is 9.40. The summed E-state index contributed by atoms with van der Waals surface area (Å²) in [5.41, 5.74) is -0.152.